The van der Waals surface area contributed by atoms with Crippen molar-refractivity contribution in [3.05, 3.63) is 42.2 Å². The van der Waals surface area contributed by atoms with Crippen LogP contribution in [-0.2, 0) is 11.2 Å². The quantitative estimate of drug-likeness (QED) is 0.684. The third-order valence-corrected chi connectivity index (χ3v) is 4.40. The van der Waals surface area contributed by atoms with Crippen LogP contribution in [0.1, 0.15) is 39.9 Å². The largest absolute Gasteiger partial charge is 0.361 e. The summed E-state index contributed by atoms with van der Waals surface area (Å²) in [5, 5.41) is 4.15. The number of benzene rings is 1. The normalized spacial score (nSPS) is 11.5. The predicted octanol–water partition coefficient (Wildman–Crippen LogP) is 3.85. The Labute approximate surface area is 157 Å². The molecule has 0 radical (unpaired) electrons. The molecule has 0 fully saturated rings. The van der Waals surface area contributed by atoms with Crippen molar-refractivity contribution in [1.82, 2.24) is 15.0 Å². The number of rotatable bonds is 9. The van der Waals surface area contributed by atoms with Crippen LogP contribution in [0.5, 0.6) is 0 Å². The Kier molecular flexibility index (Phi) is 7.39. The van der Waals surface area contributed by atoms with Gasteiger partial charge in [-0.15, -0.1) is 0 Å². The standard InChI is InChI=1S/C21H31N3O2/c1-16(2)24(17(3)4)21(25)15-23(5)13-9-12-19-14-20(22-26-19)18-10-7-6-8-11-18/h6-8,10-11,14,16-17H,9,12-13,15H2,1-5H3. The fourth-order valence-electron chi connectivity index (χ4n) is 3.26. The zero-order valence-electron chi connectivity index (χ0n) is 16.6. The van der Waals surface area contributed by atoms with Crippen molar-refractivity contribution in [2.45, 2.75) is 52.6 Å². The number of hydrogen-bond acceptors (Lipinski definition) is 4. The zero-order chi connectivity index (χ0) is 19.1. The van der Waals surface area contributed by atoms with E-state index >= 15 is 0 Å². The monoisotopic (exact) mass is 357 g/mol. The molecule has 2 aromatic rings. The van der Waals surface area contributed by atoms with Crippen LogP contribution in [0.3, 0.4) is 0 Å². The second kappa shape index (κ2) is 9.53. The van der Waals surface area contributed by atoms with Crippen LogP contribution in [0.2, 0.25) is 0 Å². The van der Waals surface area contributed by atoms with Gasteiger partial charge in [-0.3, -0.25) is 9.69 Å². The second-order valence-corrected chi connectivity index (χ2v) is 7.37. The van der Waals surface area contributed by atoms with Gasteiger partial charge in [-0.25, -0.2) is 0 Å². The van der Waals surface area contributed by atoms with E-state index < -0.39 is 0 Å². The van der Waals surface area contributed by atoms with Gasteiger partial charge < -0.3 is 9.42 Å². The summed E-state index contributed by atoms with van der Waals surface area (Å²) in [6, 6.07) is 12.5. The second-order valence-electron chi connectivity index (χ2n) is 7.37. The molecule has 0 N–H and O–H groups in total. The van der Waals surface area contributed by atoms with E-state index in [2.05, 4.69) is 37.8 Å². The number of nitrogens with zero attached hydrogens (tertiary/aromatic N) is 3. The van der Waals surface area contributed by atoms with Crippen LogP contribution in [0, 0.1) is 0 Å². The highest BCUT2D eigenvalue weighted by Gasteiger charge is 2.21. The van der Waals surface area contributed by atoms with Crippen molar-refractivity contribution in [3.63, 3.8) is 0 Å². The van der Waals surface area contributed by atoms with Crippen molar-refractivity contribution in [2.75, 3.05) is 20.1 Å². The van der Waals surface area contributed by atoms with Crippen LogP contribution >= 0.6 is 0 Å². The molecule has 0 unspecified atom stereocenters. The Morgan fingerprint density at radius 3 is 2.38 bits per heavy atom. The molecule has 26 heavy (non-hydrogen) atoms. The Hall–Kier alpha value is -2.14. The van der Waals surface area contributed by atoms with Crippen molar-refractivity contribution in [2.24, 2.45) is 0 Å². The molecule has 0 saturated carbocycles. The number of likely N-dealkylation sites (N-methyl/N-ethyl adjacent to an activating group) is 1. The molecule has 0 aliphatic heterocycles. The van der Waals surface area contributed by atoms with Gasteiger partial charge in [0.05, 0.1) is 6.54 Å². The summed E-state index contributed by atoms with van der Waals surface area (Å²) >= 11 is 0. The van der Waals surface area contributed by atoms with Gasteiger partial charge in [0.25, 0.3) is 0 Å². The lowest BCUT2D eigenvalue weighted by atomic mass is 10.1. The van der Waals surface area contributed by atoms with Gasteiger partial charge in [0.1, 0.15) is 11.5 Å². The first-order chi connectivity index (χ1) is 12.4. The molecule has 0 atom stereocenters. The van der Waals surface area contributed by atoms with Crippen molar-refractivity contribution < 1.29 is 9.32 Å². The van der Waals surface area contributed by atoms with E-state index in [1.165, 1.54) is 0 Å². The van der Waals surface area contributed by atoms with E-state index in [-0.39, 0.29) is 18.0 Å². The minimum absolute atomic E-state index is 0.184. The minimum Gasteiger partial charge on any atom is -0.361 e. The summed E-state index contributed by atoms with van der Waals surface area (Å²) in [6.45, 7) is 9.54. The molecule has 0 saturated heterocycles. The van der Waals surface area contributed by atoms with Crippen LogP contribution in [0.4, 0.5) is 0 Å². The fraction of sp³-hybridized carbons (Fsp3) is 0.524. The summed E-state index contributed by atoms with van der Waals surface area (Å²) in [7, 11) is 1.99. The van der Waals surface area contributed by atoms with E-state index in [1.807, 2.05) is 48.3 Å². The van der Waals surface area contributed by atoms with Crippen LogP contribution in [-0.4, -0.2) is 53.1 Å². The number of aromatic nitrogens is 1. The molecule has 1 amide bonds. The Morgan fingerprint density at radius 2 is 1.77 bits per heavy atom. The topological polar surface area (TPSA) is 49.6 Å². The lowest BCUT2D eigenvalue weighted by Crippen LogP contribution is -2.46. The predicted molar refractivity (Wildman–Crippen MR) is 105 cm³/mol. The van der Waals surface area contributed by atoms with Gasteiger partial charge in [0, 0.05) is 30.1 Å². The highest BCUT2D eigenvalue weighted by Crippen LogP contribution is 2.19. The van der Waals surface area contributed by atoms with E-state index in [1.54, 1.807) is 0 Å². The maximum Gasteiger partial charge on any atom is 0.237 e. The molecule has 0 aliphatic rings. The molecule has 0 spiro atoms. The maximum atomic E-state index is 12.5. The smallest absolute Gasteiger partial charge is 0.237 e. The Morgan fingerprint density at radius 1 is 1.12 bits per heavy atom. The molecule has 1 aromatic heterocycles. The highest BCUT2D eigenvalue weighted by atomic mass is 16.5. The summed E-state index contributed by atoms with van der Waals surface area (Å²) in [5.41, 5.74) is 1.93. The van der Waals surface area contributed by atoms with Gasteiger partial charge in [-0.1, -0.05) is 35.5 Å². The molecule has 1 heterocycles. The van der Waals surface area contributed by atoms with Crippen molar-refractivity contribution in [1.29, 1.82) is 0 Å². The number of hydrogen-bond donors (Lipinski definition) is 0. The molecule has 0 aliphatic carbocycles. The van der Waals surface area contributed by atoms with E-state index in [9.17, 15) is 4.79 Å². The Bertz CT molecular complexity index is 672. The summed E-state index contributed by atoms with van der Waals surface area (Å²) in [5.74, 6) is 1.07. The van der Waals surface area contributed by atoms with Gasteiger partial charge >= 0.3 is 0 Å². The average Bonchev–Trinajstić information content (AvgIpc) is 3.03. The molecule has 5 nitrogen and oxygen atoms in total. The summed E-state index contributed by atoms with van der Waals surface area (Å²) in [4.78, 5) is 16.5. The van der Waals surface area contributed by atoms with E-state index in [0.717, 1.165) is 36.4 Å². The van der Waals surface area contributed by atoms with Gasteiger partial charge in [0.15, 0.2) is 0 Å². The number of carbonyl (C=O) groups excluding carboxylic acids is 1. The first-order valence-corrected chi connectivity index (χ1v) is 9.39. The minimum atomic E-state index is 0.184. The number of carbonyl (C=O) groups is 1. The average molecular weight is 357 g/mol. The molecular formula is C21H31N3O2. The van der Waals surface area contributed by atoms with Gasteiger partial charge in [-0.05, 0) is 47.7 Å². The number of amides is 1. The Balaban J connectivity index is 1.79. The fourth-order valence-corrected chi connectivity index (χ4v) is 3.26. The molecule has 0 bridgehead atoms. The zero-order valence-corrected chi connectivity index (χ0v) is 16.6. The van der Waals surface area contributed by atoms with Crippen molar-refractivity contribution >= 4 is 5.91 Å². The van der Waals surface area contributed by atoms with E-state index in [4.69, 9.17) is 4.52 Å². The third-order valence-electron chi connectivity index (χ3n) is 4.40. The van der Waals surface area contributed by atoms with Crippen LogP contribution < -0.4 is 0 Å². The molecule has 2 rings (SSSR count). The van der Waals surface area contributed by atoms with E-state index in [0.29, 0.717) is 6.54 Å². The lowest BCUT2D eigenvalue weighted by Gasteiger charge is -2.32. The highest BCUT2D eigenvalue weighted by molar-refractivity contribution is 5.78. The lowest BCUT2D eigenvalue weighted by molar-refractivity contribution is -0.135. The van der Waals surface area contributed by atoms with Crippen molar-refractivity contribution in [3.8, 4) is 11.3 Å². The molecular weight excluding hydrogens is 326 g/mol. The molecule has 142 valence electrons. The summed E-state index contributed by atoms with van der Waals surface area (Å²) < 4.78 is 5.44. The first-order valence-electron chi connectivity index (χ1n) is 9.39. The SMILES string of the molecule is CC(C)N(C(=O)CN(C)CCCc1cc(-c2ccccc2)no1)C(C)C. The van der Waals surface area contributed by atoms with Gasteiger partial charge in [0.2, 0.25) is 5.91 Å². The molecule has 1 aromatic carbocycles. The third kappa shape index (κ3) is 5.70. The summed E-state index contributed by atoms with van der Waals surface area (Å²) in [6.07, 6.45) is 1.74. The molecule has 5 heteroatoms. The van der Waals surface area contributed by atoms with Crippen LogP contribution in [0.15, 0.2) is 40.9 Å². The maximum absolute atomic E-state index is 12.5. The number of aryl methyl sites for hydroxylation is 1. The van der Waals surface area contributed by atoms with Crippen LogP contribution in [0.25, 0.3) is 11.3 Å². The van der Waals surface area contributed by atoms with Gasteiger partial charge in [-0.2, -0.15) is 0 Å². The first kappa shape index (κ1) is 20.2.